The molecule has 0 unspecified atom stereocenters. The number of hydrogen-bond donors (Lipinski definition) is 3. The number of amides is 2. The van der Waals surface area contributed by atoms with Crippen LogP contribution in [0.1, 0.15) is 46.1 Å². The molecule has 2 rings (SSSR count). The number of nitrogens with zero attached hydrogens (tertiary/aromatic N) is 4. The number of aromatic nitrogens is 2. The Morgan fingerprint density at radius 2 is 1.68 bits per heavy atom. The van der Waals surface area contributed by atoms with E-state index in [0.717, 1.165) is 15.7 Å². The van der Waals surface area contributed by atoms with Gasteiger partial charge in [0.05, 0.1) is 18.6 Å². The van der Waals surface area contributed by atoms with E-state index in [9.17, 15) is 51.8 Å². The van der Waals surface area contributed by atoms with E-state index < -0.39 is 89.3 Å². The number of rotatable bonds is 13. The number of Topliss-reactive ketones (excluding diaryl/α,β-unsaturated/α-hetero) is 2. The van der Waals surface area contributed by atoms with Gasteiger partial charge in [0.15, 0.2) is 11.3 Å². The maximum absolute atomic E-state index is 13.5. The Bertz CT molecular complexity index is 1420. The summed E-state index contributed by atoms with van der Waals surface area (Å²) in [5.74, 6) is -8.81. The van der Waals surface area contributed by atoms with E-state index in [1.165, 1.54) is 27.7 Å². The van der Waals surface area contributed by atoms with Crippen LogP contribution in [0.2, 0.25) is 0 Å². The molecule has 14 nitrogen and oxygen atoms in total. The number of carboxylic acids is 1. The zero-order valence-electron chi connectivity index (χ0n) is 25.4. The summed E-state index contributed by atoms with van der Waals surface area (Å²) in [6.45, 7) is 3.62. The molecule has 1 aromatic heterocycles. The zero-order chi connectivity index (χ0) is 33.9. The first kappa shape index (κ1) is 36.5. The normalized spacial score (nSPS) is 18.0. The second kappa shape index (κ2) is 13.9. The molecule has 2 heterocycles. The van der Waals surface area contributed by atoms with Crippen molar-refractivity contribution in [2.75, 3.05) is 20.6 Å². The van der Waals surface area contributed by atoms with Gasteiger partial charge in [-0.1, -0.05) is 27.7 Å². The van der Waals surface area contributed by atoms with Crippen LogP contribution in [0.25, 0.3) is 0 Å². The first-order valence-electron chi connectivity index (χ1n) is 13.9. The third-order valence-electron chi connectivity index (χ3n) is 7.52. The van der Waals surface area contributed by atoms with Gasteiger partial charge in [-0.15, -0.1) is 0 Å². The highest BCUT2D eigenvalue weighted by Gasteiger charge is 2.51. The van der Waals surface area contributed by atoms with Crippen LogP contribution in [-0.4, -0.2) is 97.8 Å². The fourth-order valence-electron chi connectivity index (χ4n) is 5.25. The van der Waals surface area contributed by atoms with E-state index in [2.05, 4.69) is 0 Å². The van der Waals surface area contributed by atoms with Gasteiger partial charge in [-0.25, -0.2) is 4.79 Å². The standard InChI is InChI=1S/C27H39F3N6O8/c1-14(2)20(21(40)27(28,29)30)35-9-7-8-17(35)22(41)32-24(43)26(31,15(3)4)18(37)12-36-23(42)16(10-33(5)6)11-34(25(36)44)13-19(38)39/h11,14-15,17,20H,7-10,12-13,31H2,1-6H3,(H,38,39)(H,32,41,43)/t17-,20-,26+/m0/s1. The average molecular weight is 633 g/mol. The molecule has 2 amide bonds. The Hall–Kier alpha value is -3.70. The van der Waals surface area contributed by atoms with Gasteiger partial charge in [0, 0.05) is 18.3 Å². The summed E-state index contributed by atoms with van der Waals surface area (Å²) in [5, 5.41) is 11.2. The highest BCUT2D eigenvalue weighted by atomic mass is 19.4. The molecule has 0 radical (unpaired) electrons. The second-order valence-electron chi connectivity index (χ2n) is 11.8. The summed E-state index contributed by atoms with van der Waals surface area (Å²) in [4.78, 5) is 92.4. The SMILES string of the molecule is CC(C)[C@@H](C(=O)C(F)(F)F)N1CCC[C@H]1C(=O)NC(=O)[C@](N)(C(=O)Cn1c(=O)c(CN(C)C)cn(CC(=O)O)c1=O)C(C)C. The molecule has 1 fully saturated rings. The van der Waals surface area contributed by atoms with Crippen LogP contribution in [0.3, 0.4) is 0 Å². The average Bonchev–Trinajstić information content (AvgIpc) is 3.36. The van der Waals surface area contributed by atoms with Crippen molar-refractivity contribution in [3.63, 3.8) is 0 Å². The number of aliphatic carboxylic acids is 1. The number of hydrogen-bond acceptors (Lipinski definition) is 10. The van der Waals surface area contributed by atoms with E-state index in [-0.39, 0.29) is 31.5 Å². The predicted octanol–water partition coefficient (Wildman–Crippen LogP) is -0.658. The lowest BCUT2D eigenvalue weighted by molar-refractivity contribution is -0.179. The molecule has 1 aromatic rings. The minimum absolute atomic E-state index is 0.0219. The number of carboxylic acid groups (broad SMARTS) is 1. The number of halogens is 3. The van der Waals surface area contributed by atoms with E-state index in [1.54, 1.807) is 19.0 Å². The molecule has 0 saturated carbocycles. The van der Waals surface area contributed by atoms with Crippen LogP contribution in [0.15, 0.2) is 15.8 Å². The Kier molecular flexibility index (Phi) is 11.6. The minimum Gasteiger partial charge on any atom is -0.480 e. The second-order valence-corrected chi connectivity index (χ2v) is 11.8. The molecule has 1 aliphatic rings. The first-order chi connectivity index (χ1) is 20.1. The summed E-state index contributed by atoms with van der Waals surface area (Å²) in [7, 11) is 3.22. The van der Waals surface area contributed by atoms with Crippen molar-refractivity contribution >= 4 is 29.4 Å². The lowest BCUT2D eigenvalue weighted by Crippen LogP contribution is -2.66. The molecule has 0 aromatic carbocycles. The number of nitrogens with two attached hydrogens (primary N) is 1. The number of nitrogens with one attached hydrogen (secondary N) is 1. The number of carbonyl (C=O) groups excluding carboxylic acids is 4. The quantitative estimate of drug-likeness (QED) is 0.234. The van der Waals surface area contributed by atoms with E-state index >= 15 is 0 Å². The Morgan fingerprint density at radius 1 is 1.09 bits per heavy atom. The number of ketones is 2. The smallest absolute Gasteiger partial charge is 0.451 e. The van der Waals surface area contributed by atoms with Crippen LogP contribution >= 0.6 is 0 Å². The van der Waals surface area contributed by atoms with Crippen LogP contribution in [0.5, 0.6) is 0 Å². The number of likely N-dealkylation sites (tertiary alicyclic amines) is 1. The van der Waals surface area contributed by atoms with E-state index in [4.69, 9.17) is 5.73 Å². The molecule has 0 bridgehead atoms. The molecule has 0 aliphatic carbocycles. The van der Waals surface area contributed by atoms with Crippen molar-refractivity contribution in [3.8, 4) is 0 Å². The summed E-state index contributed by atoms with van der Waals surface area (Å²) in [5.41, 5.74) is 1.66. The van der Waals surface area contributed by atoms with Crippen LogP contribution < -0.4 is 22.3 Å². The summed E-state index contributed by atoms with van der Waals surface area (Å²) in [6.07, 6.45) is -3.81. The lowest BCUT2D eigenvalue weighted by Gasteiger charge is -2.35. The predicted molar refractivity (Wildman–Crippen MR) is 149 cm³/mol. The van der Waals surface area contributed by atoms with Crippen LogP contribution in [0.4, 0.5) is 13.2 Å². The van der Waals surface area contributed by atoms with Gasteiger partial charge in [-0.3, -0.25) is 48.1 Å². The summed E-state index contributed by atoms with van der Waals surface area (Å²) >= 11 is 0. The highest BCUT2D eigenvalue weighted by Crippen LogP contribution is 2.30. The zero-order valence-corrected chi connectivity index (χ0v) is 25.4. The van der Waals surface area contributed by atoms with Crippen molar-refractivity contribution < 1.29 is 42.3 Å². The third kappa shape index (κ3) is 7.87. The van der Waals surface area contributed by atoms with Gasteiger partial charge >= 0.3 is 17.8 Å². The minimum atomic E-state index is -5.16. The van der Waals surface area contributed by atoms with Gasteiger partial charge in [-0.05, 0) is 45.3 Å². The lowest BCUT2D eigenvalue weighted by atomic mass is 9.82. The molecule has 1 saturated heterocycles. The molecular formula is C27H39F3N6O8. The highest BCUT2D eigenvalue weighted by molar-refractivity contribution is 6.15. The van der Waals surface area contributed by atoms with Crippen molar-refractivity contribution in [2.45, 2.75) is 84.0 Å². The van der Waals surface area contributed by atoms with Gasteiger partial charge in [0.2, 0.25) is 5.91 Å². The van der Waals surface area contributed by atoms with Crippen molar-refractivity contribution in [1.29, 1.82) is 0 Å². The van der Waals surface area contributed by atoms with E-state index in [0.29, 0.717) is 4.57 Å². The summed E-state index contributed by atoms with van der Waals surface area (Å²) in [6, 6.07) is -3.00. The Morgan fingerprint density at radius 3 is 2.16 bits per heavy atom. The molecule has 1 aliphatic heterocycles. The molecule has 17 heteroatoms. The number of imide groups is 1. The third-order valence-corrected chi connectivity index (χ3v) is 7.52. The van der Waals surface area contributed by atoms with Gasteiger partial charge < -0.3 is 15.7 Å². The topological polar surface area (TPSA) is 194 Å². The Labute approximate surface area is 251 Å². The molecular weight excluding hydrogens is 593 g/mol. The molecule has 4 N–H and O–H groups in total. The first-order valence-corrected chi connectivity index (χ1v) is 13.9. The number of alkyl halides is 3. The van der Waals surface area contributed by atoms with Crippen molar-refractivity contribution in [2.24, 2.45) is 17.6 Å². The maximum Gasteiger partial charge on any atom is 0.451 e. The van der Waals surface area contributed by atoms with E-state index in [1.807, 2.05) is 5.32 Å². The van der Waals surface area contributed by atoms with Gasteiger partial charge in [0.25, 0.3) is 17.2 Å². The molecule has 44 heavy (non-hydrogen) atoms. The molecule has 0 spiro atoms. The largest absolute Gasteiger partial charge is 0.480 e. The Balaban J connectivity index is 2.43. The monoisotopic (exact) mass is 632 g/mol. The molecule has 3 atom stereocenters. The fourth-order valence-corrected chi connectivity index (χ4v) is 5.25. The maximum atomic E-state index is 13.5. The van der Waals surface area contributed by atoms with Gasteiger partial charge in [0.1, 0.15) is 6.54 Å². The fraction of sp³-hybridized carbons (Fsp3) is 0.667. The summed E-state index contributed by atoms with van der Waals surface area (Å²) < 4.78 is 41.2. The van der Waals surface area contributed by atoms with Gasteiger partial charge in [-0.2, -0.15) is 13.2 Å². The van der Waals surface area contributed by atoms with Crippen LogP contribution in [0, 0.1) is 11.8 Å². The number of carbonyl (C=O) groups is 5. The van der Waals surface area contributed by atoms with Crippen LogP contribution in [-0.2, 0) is 43.6 Å². The van der Waals surface area contributed by atoms with Crippen molar-refractivity contribution in [3.05, 3.63) is 32.6 Å². The molecule has 246 valence electrons. The van der Waals surface area contributed by atoms with Crippen molar-refractivity contribution in [1.82, 2.24) is 24.3 Å².